The second-order valence-electron chi connectivity index (χ2n) is 9.81. The lowest BCUT2D eigenvalue weighted by Gasteiger charge is -2.38. The summed E-state index contributed by atoms with van der Waals surface area (Å²) in [5.74, 6) is 1.30. The standard InChI is InChI=1S/C31H37N3O3/c1-24(23-34(28-11-7-4-8-12-28)31(36)22-25-9-5-3-6-10-25)33-19-17-26(18-20-33)21-30(35)32-27-13-15-29(37-2)16-14-27/h3-16,24,26H,17-23H2,1-2H3,(H,32,35)/t24-/m1/s1. The zero-order chi connectivity index (χ0) is 26.0. The van der Waals surface area contributed by atoms with Crippen molar-refractivity contribution in [2.24, 2.45) is 5.92 Å². The van der Waals surface area contributed by atoms with Crippen molar-refractivity contribution in [1.82, 2.24) is 4.90 Å². The SMILES string of the molecule is COc1ccc(NC(=O)CC2CCN([C@H](C)CN(C(=O)Cc3ccccc3)c3ccccc3)CC2)cc1. The van der Waals surface area contributed by atoms with Crippen LogP contribution in [0.2, 0.25) is 0 Å². The van der Waals surface area contributed by atoms with Gasteiger partial charge in [-0.05, 0) is 80.7 Å². The minimum atomic E-state index is 0.0541. The fraction of sp³-hybridized carbons (Fsp3) is 0.355. The predicted octanol–water partition coefficient (Wildman–Crippen LogP) is 5.40. The Balaban J connectivity index is 1.29. The number of rotatable bonds is 10. The van der Waals surface area contributed by atoms with Crippen molar-refractivity contribution in [3.63, 3.8) is 0 Å². The lowest BCUT2D eigenvalue weighted by atomic mass is 9.92. The second-order valence-corrected chi connectivity index (χ2v) is 9.81. The second kappa shape index (κ2) is 13.1. The Morgan fingerprint density at radius 3 is 2.19 bits per heavy atom. The quantitative estimate of drug-likeness (QED) is 0.406. The van der Waals surface area contributed by atoms with Crippen LogP contribution in [-0.2, 0) is 16.0 Å². The summed E-state index contributed by atoms with van der Waals surface area (Å²) in [6.07, 6.45) is 2.86. The maximum atomic E-state index is 13.3. The molecule has 0 spiro atoms. The molecule has 1 heterocycles. The Morgan fingerprint density at radius 1 is 0.946 bits per heavy atom. The number of nitrogens with one attached hydrogen (secondary N) is 1. The average Bonchev–Trinajstić information content (AvgIpc) is 2.93. The summed E-state index contributed by atoms with van der Waals surface area (Å²) in [6.45, 7) is 4.69. The third kappa shape index (κ3) is 7.67. The van der Waals surface area contributed by atoms with Crippen molar-refractivity contribution < 1.29 is 14.3 Å². The molecule has 1 fully saturated rings. The first-order valence-corrected chi connectivity index (χ1v) is 13.1. The van der Waals surface area contributed by atoms with Crippen LogP contribution in [0.4, 0.5) is 11.4 Å². The summed E-state index contributed by atoms with van der Waals surface area (Å²) in [5.41, 5.74) is 2.74. The Bertz CT molecular complexity index is 1130. The first kappa shape index (κ1) is 26.4. The Hall–Kier alpha value is -3.64. The number of ether oxygens (including phenoxy) is 1. The molecule has 3 aromatic rings. The molecule has 6 nitrogen and oxygen atoms in total. The van der Waals surface area contributed by atoms with Crippen molar-refractivity contribution in [1.29, 1.82) is 0 Å². The number of anilines is 2. The van der Waals surface area contributed by atoms with Crippen LogP contribution >= 0.6 is 0 Å². The number of carbonyl (C=O) groups excluding carboxylic acids is 2. The van der Waals surface area contributed by atoms with E-state index < -0.39 is 0 Å². The number of hydrogen-bond acceptors (Lipinski definition) is 4. The summed E-state index contributed by atoms with van der Waals surface area (Å²) in [6, 6.07) is 27.5. The van der Waals surface area contributed by atoms with Gasteiger partial charge in [-0.1, -0.05) is 48.5 Å². The van der Waals surface area contributed by atoms with Gasteiger partial charge in [-0.3, -0.25) is 14.5 Å². The van der Waals surface area contributed by atoms with E-state index in [1.165, 1.54) is 0 Å². The fourth-order valence-corrected chi connectivity index (χ4v) is 4.95. The van der Waals surface area contributed by atoms with Crippen LogP contribution in [0.1, 0.15) is 31.7 Å². The maximum absolute atomic E-state index is 13.3. The van der Waals surface area contributed by atoms with Crippen molar-refractivity contribution in [2.45, 2.75) is 38.6 Å². The van der Waals surface area contributed by atoms with Gasteiger partial charge in [0.25, 0.3) is 0 Å². The van der Waals surface area contributed by atoms with E-state index in [-0.39, 0.29) is 17.9 Å². The monoisotopic (exact) mass is 499 g/mol. The van der Waals surface area contributed by atoms with Crippen molar-refractivity contribution >= 4 is 23.2 Å². The van der Waals surface area contributed by atoms with E-state index in [0.717, 1.165) is 48.6 Å². The summed E-state index contributed by atoms with van der Waals surface area (Å²) in [4.78, 5) is 30.3. The molecule has 1 aliphatic heterocycles. The molecule has 1 aliphatic rings. The molecule has 0 unspecified atom stereocenters. The lowest BCUT2D eigenvalue weighted by molar-refractivity contribution is -0.119. The summed E-state index contributed by atoms with van der Waals surface area (Å²) in [7, 11) is 1.63. The Labute approximate surface area is 220 Å². The van der Waals surface area contributed by atoms with Crippen molar-refractivity contribution in [3.05, 3.63) is 90.5 Å². The van der Waals surface area contributed by atoms with Crippen LogP contribution in [0, 0.1) is 5.92 Å². The molecule has 37 heavy (non-hydrogen) atoms. The minimum Gasteiger partial charge on any atom is -0.497 e. The first-order chi connectivity index (χ1) is 18.0. The summed E-state index contributed by atoms with van der Waals surface area (Å²) < 4.78 is 5.17. The molecule has 0 bridgehead atoms. The van der Waals surface area contributed by atoms with Gasteiger partial charge in [0.05, 0.1) is 13.5 Å². The van der Waals surface area contributed by atoms with Crippen molar-refractivity contribution in [3.8, 4) is 5.75 Å². The van der Waals surface area contributed by atoms with Gasteiger partial charge in [0.15, 0.2) is 0 Å². The highest BCUT2D eigenvalue weighted by Crippen LogP contribution is 2.25. The molecule has 0 aliphatic carbocycles. The van der Waals surface area contributed by atoms with Crippen LogP contribution in [0.3, 0.4) is 0 Å². The van der Waals surface area contributed by atoms with E-state index in [9.17, 15) is 9.59 Å². The van der Waals surface area contributed by atoms with E-state index in [1.807, 2.05) is 89.8 Å². The fourth-order valence-electron chi connectivity index (χ4n) is 4.95. The summed E-state index contributed by atoms with van der Waals surface area (Å²) in [5, 5.41) is 3.00. The smallest absolute Gasteiger partial charge is 0.231 e. The Kier molecular flexibility index (Phi) is 9.33. The molecule has 3 aromatic carbocycles. The van der Waals surface area contributed by atoms with Crippen LogP contribution in [-0.4, -0.2) is 49.5 Å². The molecule has 6 heteroatoms. The van der Waals surface area contributed by atoms with Crippen LogP contribution in [0.25, 0.3) is 0 Å². The molecule has 0 saturated carbocycles. The number of nitrogens with zero attached hydrogens (tertiary/aromatic N) is 2. The van der Waals surface area contributed by atoms with Crippen LogP contribution in [0.5, 0.6) is 5.75 Å². The van der Waals surface area contributed by atoms with E-state index >= 15 is 0 Å². The zero-order valence-electron chi connectivity index (χ0n) is 21.8. The van der Waals surface area contributed by atoms with Gasteiger partial charge in [0.1, 0.15) is 5.75 Å². The molecule has 2 amide bonds. The van der Waals surface area contributed by atoms with Crippen molar-refractivity contribution in [2.75, 3.05) is 37.0 Å². The third-order valence-electron chi connectivity index (χ3n) is 7.13. The Morgan fingerprint density at radius 2 is 1.57 bits per heavy atom. The number of carbonyl (C=O) groups is 2. The van der Waals surface area contributed by atoms with Gasteiger partial charge in [-0.15, -0.1) is 0 Å². The van der Waals surface area contributed by atoms with Gasteiger partial charge in [-0.2, -0.15) is 0 Å². The lowest BCUT2D eigenvalue weighted by Crippen LogP contribution is -2.48. The first-order valence-electron chi connectivity index (χ1n) is 13.1. The van der Waals surface area contributed by atoms with Gasteiger partial charge in [-0.25, -0.2) is 0 Å². The number of para-hydroxylation sites is 1. The van der Waals surface area contributed by atoms with Gasteiger partial charge in [0, 0.05) is 30.4 Å². The normalized spacial score (nSPS) is 15.1. The molecule has 194 valence electrons. The molecule has 0 aromatic heterocycles. The van der Waals surface area contributed by atoms with Gasteiger partial charge < -0.3 is 15.0 Å². The highest BCUT2D eigenvalue weighted by molar-refractivity contribution is 5.94. The highest BCUT2D eigenvalue weighted by Gasteiger charge is 2.27. The number of benzene rings is 3. The highest BCUT2D eigenvalue weighted by atomic mass is 16.5. The number of piperidine rings is 1. The molecular weight excluding hydrogens is 462 g/mol. The largest absolute Gasteiger partial charge is 0.497 e. The topological polar surface area (TPSA) is 61.9 Å². The maximum Gasteiger partial charge on any atom is 0.231 e. The average molecular weight is 500 g/mol. The molecule has 4 rings (SSSR count). The number of hydrogen-bond donors (Lipinski definition) is 1. The van der Waals surface area contributed by atoms with E-state index in [4.69, 9.17) is 4.74 Å². The molecule has 0 radical (unpaired) electrons. The van der Waals surface area contributed by atoms with E-state index in [0.29, 0.717) is 25.3 Å². The predicted molar refractivity (Wildman–Crippen MR) is 149 cm³/mol. The number of amides is 2. The van der Waals surface area contributed by atoms with Crippen LogP contribution < -0.4 is 15.0 Å². The van der Waals surface area contributed by atoms with Gasteiger partial charge in [0.2, 0.25) is 11.8 Å². The molecule has 1 atom stereocenters. The summed E-state index contributed by atoms with van der Waals surface area (Å²) >= 11 is 0. The minimum absolute atomic E-state index is 0.0541. The molecule has 1 saturated heterocycles. The third-order valence-corrected chi connectivity index (χ3v) is 7.13. The van der Waals surface area contributed by atoms with Crippen LogP contribution in [0.15, 0.2) is 84.9 Å². The molecular formula is C31H37N3O3. The molecule has 1 N–H and O–H groups in total. The number of likely N-dealkylation sites (tertiary alicyclic amines) is 1. The van der Waals surface area contributed by atoms with E-state index in [1.54, 1.807) is 7.11 Å². The number of methoxy groups -OCH3 is 1. The van der Waals surface area contributed by atoms with E-state index in [2.05, 4.69) is 17.1 Å². The zero-order valence-corrected chi connectivity index (χ0v) is 21.8. The van der Waals surface area contributed by atoms with Gasteiger partial charge >= 0.3 is 0 Å².